The van der Waals surface area contributed by atoms with Crippen molar-refractivity contribution in [3.63, 3.8) is 0 Å². The zero-order valence-electron chi connectivity index (χ0n) is 10.9. The van der Waals surface area contributed by atoms with Gasteiger partial charge >= 0.3 is 0 Å². The van der Waals surface area contributed by atoms with Crippen molar-refractivity contribution >= 4 is 27.5 Å². The molecule has 3 nitrogen and oxygen atoms in total. The highest BCUT2D eigenvalue weighted by Gasteiger charge is 2.32. The fourth-order valence-electron chi connectivity index (χ4n) is 3.08. The number of rotatable bonds is 2. The summed E-state index contributed by atoms with van der Waals surface area (Å²) in [6.45, 7) is 0. The molecule has 1 unspecified atom stereocenters. The molecule has 0 spiro atoms. The van der Waals surface area contributed by atoms with Gasteiger partial charge in [-0.2, -0.15) is 0 Å². The van der Waals surface area contributed by atoms with Gasteiger partial charge in [0.2, 0.25) is 5.91 Å². The van der Waals surface area contributed by atoms with Crippen LogP contribution in [0.4, 0.5) is 5.69 Å². The third-order valence-corrected chi connectivity index (χ3v) is 4.60. The van der Waals surface area contributed by atoms with E-state index in [1.54, 1.807) is 0 Å². The summed E-state index contributed by atoms with van der Waals surface area (Å²) < 4.78 is 1.00. The van der Waals surface area contributed by atoms with E-state index >= 15 is 0 Å². The van der Waals surface area contributed by atoms with E-state index in [4.69, 9.17) is 0 Å². The van der Waals surface area contributed by atoms with Gasteiger partial charge in [-0.1, -0.05) is 47.7 Å². The third kappa shape index (κ3) is 2.84. The molecule has 1 amide bonds. The molecule has 4 heteroatoms. The predicted molar refractivity (Wildman–Crippen MR) is 80.1 cm³/mol. The minimum atomic E-state index is -0.175. The summed E-state index contributed by atoms with van der Waals surface area (Å²) >= 11 is 3.44. The first kappa shape index (κ1) is 13.1. The van der Waals surface area contributed by atoms with Crippen LogP contribution in [0.5, 0.6) is 0 Å². The van der Waals surface area contributed by atoms with Gasteiger partial charge in [-0.15, -0.1) is 0 Å². The molecule has 19 heavy (non-hydrogen) atoms. The van der Waals surface area contributed by atoms with Gasteiger partial charge in [0.15, 0.2) is 0 Å². The van der Waals surface area contributed by atoms with Crippen LogP contribution in [0.3, 0.4) is 0 Å². The molecule has 0 aromatic heterocycles. The van der Waals surface area contributed by atoms with Crippen LogP contribution < -0.4 is 10.6 Å². The van der Waals surface area contributed by atoms with Gasteiger partial charge < -0.3 is 5.32 Å². The molecule has 1 atom stereocenters. The molecule has 0 bridgehead atoms. The standard InChI is InChI=1S/C15H19BrN2O/c16-10-7-8-12-13(9-10)18-15(19)14(12)17-11-5-3-1-2-4-6-11/h7-9,11,14,17H,1-6H2,(H,18,19). The van der Waals surface area contributed by atoms with Crippen LogP contribution in [-0.2, 0) is 4.79 Å². The Balaban J connectivity index is 1.76. The summed E-state index contributed by atoms with van der Waals surface area (Å²) in [5.41, 5.74) is 2.02. The van der Waals surface area contributed by atoms with Crippen LogP contribution in [0.2, 0.25) is 0 Å². The fourth-order valence-corrected chi connectivity index (χ4v) is 3.44. The second-order valence-electron chi connectivity index (χ2n) is 5.51. The monoisotopic (exact) mass is 322 g/mol. The first-order valence-corrected chi connectivity index (χ1v) is 7.90. The number of carbonyl (C=O) groups excluding carboxylic acids is 1. The largest absolute Gasteiger partial charge is 0.324 e. The Morgan fingerprint density at radius 2 is 1.89 bits per heavy atom. The Hall–Kier alpha value is -0.870. The maximum Gasteiger partial charge on any atom is 0.246 e. The summed E-state index contributed by atoms with van der Waals surface area (Å²) in [6, 6.07) is 6.31. The summed E-state index contributed by atoms with van der Waals surface area (Å²) in [4.78, 5) is 12.1. The number of halogens is 1. The van der Waals surface area contributed by atoms with Crippen molar-refractivity contribution in [3.8, 4) is 0 Å². The number of carbonyl (C=O) groups is 1. The van der Waals surface area contributed by atoms with Crippen molar-refractivity contribution in [1.29, 1.82) is 0 Å². The van der Waals surface area contributed by atoms with Crippen molar-refractivity contribution in [2.45, 2.75) is 50.6 Å². The smallest absolute Gasteiger partial charge is 0.246 e. The molecule has 1 aliphatic heterocycles. The predicted octanol–water partition coefficient (Wildman–Crippen LogP) is 3.75. The van der Waals surface area contributed by atoms with Crippen molar-refractivity contribution in [3.05, 3.63) is 28.2 Å². The first-order chi connectivity index (χ1) is 9.24. The van der Waals surface area contributed by atoms with Crippen LogP contribution in [0, 0.1) is 0 Å². The van der Waals surface area contributed by atoms with Crippen molar-refractivity contribution in [1.82, 2.24) is 5.32 Å². The Morgan fingerprint density at radius 1 is 1.16 bits per heavy atom. The first-order valence-electron chi connectivity index (χ1n) is 7.10. The van der Waals surface area contributed by atoms with E-state index in [-0.39, 0.29) is 11.9 Å². The third-order valence-electron chi connectivity index (χ3n) is 4.10. The zero-order valence-corrected chi connectivity index (χ0v) is 12.5. The lowest BCUT2D eigenvalue weighted by molar-refractivity contribution is -0.117. The maximum absolute atomic E-state index is 12.1. The Morgan fingerprint density at radius 3 is 2.63 bits per heavy atom. The second-order valence-corrected chi connectivity index (χ2v) is 6.42. The van der Waals surface area contributed by atoms with Gasteiger partial charge in [-0.05, 0) is 25.0 Å². The number of fused-ring (bicyclic) bond motifs is 1. The molecule has 1 aliphatic carbocycles. The van der Waals surface area contributed by atoms with Gasteiger partial charge in [0, 0.05) is 21.8 Å². The molecule has 1 aromatic rings. The second kappa shape index (κ2) is 5.63. The van der Waals surface area contributed by atoms with E-state index in [0.29, 0.717) is 6.04 Å². The molecule has 3 rings (SSSR count). The van der Waals surface area contributed by atoms with Crippen LogP contribution in [-0.4, -0.2) is 11.9 Å². The van der Waals surface area contributed by atoms with E-state index in [2.05, 4.69) is 26.6 Å². The van der Waals surface area contributed by atoms with Gasteiger partial charge in [0.25, 0.3) is 0 Å². The molecule has 2 aliphatic rings. The summed E-state index contributed by atoms with van der Waals surface area (Å²) in [7, 11) is 0. The average molecular weight is 323 g/mol. The van der Waals surface area contributed by atoms with Crippen LogP contribution >= 0.6 is 15.9 Å². The van der Waals surface area contributed by atoms with Crippen LogP contribution in [0.25, 0.3) is 0 Å². The quantitative estimate of drug-likeness (QED) is 0.814. The highest BCUT2D eigenvalue weighted by molar-refractivity contribution is 9.10. The van der Waals surface area contributed by atoms with Crippen molar-refractivity contribution in [2.75, 3.05) is 5.32 Å². The molecule has 102 valence electrons. The fraction of sp³-hybridized carbons (Fsp3) is 0.533. The van der Waals surface area contributed by atoms with Crippen LogP contribution in [0.1, 0.15) is 50.1 Å². The number of anilines is 1. The minimum absolute atomic E-state index is 0.0809. The molecule has 1 saturated carbocycles. The number of hydrogen-bond donors (Lipinski definition) is 2. The molecule has 0 saturated heterocycles. The summed E-state index contributed by atoms with van der Waals surface area (Å²) in [5.74, 6) is 0.0809. The molecule has 2 N–H and O–H groups in total. The molecular formula is C15H19BrN2O. The van der Waals surface area contributed by atoms with Gasteiger partial charge in [0.1, 0.15) is 6.04 Å². The Bertz CT molecular complexity index is 481. The minimum Gasteiger partial charge on any atom is -0.324 e. The molecular weight excluding hydrogens is 304 g/mol. The lowest BCUT2D eigenvalue weighted by Crippen LogP contribution is -2.36. The van der Waals surface area contributed by atoms with Gasteiger partial charge in [0.05, 0.1) is 0 Å². The van der Waals surface area contributed by atoms with E-state index in [1.807, 2.05) is 18.2 Å². The number of benzene rings is 1. The van der Waals surface area contributed by atoms with E-state index < -0.39 is 0 Å². The molecule has 1 aromatic carbocycles. The maximum atomic E-state index is 12.1. The highest BCUT2D eigenvalue weighted by Crippen LogP contribution is 2.34. The van der Waals surface area contributed by atoms with Crippen molar-refractivity contribution < 1.29 is 4.79 Å². The molecule has 1 heterocycles. The normalized spacial score (nSPS) is 23.8. The summed E-state index contributed by atoms with van der Waals surface area (Å²) in [6.07, 6.45) is 7.60. The van der Waals surface area contributed by atoms with Crippen molar-refractivity contribution in [2.24, 2.45) is 0 Å². The van der Waals surface area contributed by atoms with E-state index in [9.17, 15) is 4.79 Å². The zero-order chi connectivity index (χ0) is 13.2. The SMILES string of the molecule is O=C1Nc2cc(Br)ccc2C1NC1CCCCCC1. The topological polar surface area (TPSA) is 41.1 Å². The Kier molecular flexibility index (Phi) is 3.89. The molecule has 1 fully saturated rings. The van der Waals surface area contributed by atoms with E-state index in [1.165, 1.54) is 38.5 Å². The average Bonchev–Trinajstić information content (AvgIpc) is 2.57. The van der Waals surface area contributed by atoms with Gasteiger partial charge in [-0.25, -0.2) is 0 Å². The Labute approximate surface area is 122 Å². The lowest BCUT2D eigenvalue weighted by Gasteiger charge is -2.20. The lowest BCUT2D eigenvalue weighted by atomic mass is 10.0. The molecule has 0 radical (unpaired) electrons. The van der Waals surface area contributed by atoms with E-state index in [0.717, 1.165) is 15.7 Å². The highest BCUT2D eigenvalue weighted by atomic mass is 79.9. The number of nitrogens with one attached hydrogen (secondary N) is 2. The number of hydrogen-bond acceptors (Lipinski definition) is 2. The number of amides is 1. The van der Waals surface area contributed by atoms with Gasteiger partial charge in [-0.3, -0.25) is 10.1 Å². The summed E-state index contributed by atoms with van der Waals surface area (Å²) in [5, 5.41) is 6.52. The van der Waals surface area contributed by atoms with Crippen LogP contribution in [0.15, 0.2) is 22.7 Å².